The van der Waals surface area contributed by atoms with Crippen molar-refractivity contribution in [2.45, 2.75) is 13.5 Å². The number of nitrogens with zero attached hydrogens (tertiary/aromatic N) is 1. The van der Waals surface area contributed by atoms with E-state index < -0.39 is 0 Å². The molecule has 0 saturated heterocycles. The van der Waals surface area contributed by atoms with Gasteiger partial charge in [0, 0.05) is 38.4 Å². The molecule has 1 heterocycles. The smallest absolute Gasteiger partial charge is 0.155 e. The summed E-state index contributed by atoms with van der Waals surface area (Å²) in [7, 11) is 0. The molecule has 0 unspecified atom stereocenters. The topological polar surface area (TPSA) is 62.2 Å². The maximum atomic E-state index is 11.1. The molecule has 0 atom stereocenters. The monoisotopic (exact) mass is 574 g/mol. The fourth-order valence-electron chi connectivity index (χ4n) is 3.50. The predicted octanol–water partition coefficient (Wildman–Crippen LogP) is 4.97. The van der Waals surface area contributed by atoms with Crippen molar-refractivity contribution in [3.05, 3.63) is 90.3 Å². The van der Waals surface area contributed by atoms with E-state index in [-0.39, 0.29) is 38.2 Å². The minimum Gasteiger partial charge on any atom is -0.511 e. The van der Waals surface area contributed by atoms with E-state index in [0.29, 0.717) is 6.54 Å². The van der Waals surface area contributed by atoms with Crippen LogP contribution in [0, 0.1) is 6.07 Å². The maximum Gasteiger partial charge on any atom is 0.155 e. The molecule has 4 rings (SSSR count). The van der Waals surface area contributed by atoms with Gasteiger partial charge in [-0.25, -0.2) is 0 Å². The molecule has 0 aliphatic heterocycles. The van der Waals surface area contributed by atoms with Gasteiger partial charge in [-0.15, -0.1) is 29.1 Å². The van der Waals surface area contributed by atoms with Gasteiger partial charge in [-0.3, -0.25) is 9.78 Å². The Bertz CT molecular complexity index is 1230. The van der Waals surface area contributed by atoms with Crippen LogP contribution in [0.3, 0.4) is 0 Å². The molecule has 1 aromatic heterocycles. The Morgan fingerprint density at radius 3 is 2.53 bits per heavy atom. The molecule has 0 aliphatic rings. The van der Waals surface area contributed by atoms with Crippen LogP contribution in [-0.2, 0) is 31.4 Å². The van der Waals surface area contributed by atoms with Gasteiger partial charge in [0.15, 0.2) is 5.78 Å². The molecule has 0 aliphatic carbocycles. The predicted molar refractivity (Wildman–Crippen MR) is 117 cm³/mol. The SMILES string of the molecule is CC(=O)/C=C(\O)CNCc1cc2ccccc2c(-c2[c-]ccc3ccccc23)n1.[Ir]. The van der Waals surface area contributed by atoms with Gasteiger partial charge < -0.3 is 10.4 Å². The van der Waals surface area contributed by atoms with Gasteiger partial charge in [0.2, 0.25) is 0 Å². The summed E-state index contributed by atoms with van der Waals surface area (Å²) in [4.78, 5) is 16.0. The van der Waals surface area contributed by atoms with Crippen LogP contribution >= 0.6 is 0 Å². The zero-order valence-electron chi connectivity index (χ0n) is 16.5. The van der Waals surface area contributed by atoms with Crippen molar-refractivity contribution in [3.63, 3.8) is 0 Å². The summed E-state index contributed by atoms with van der Waals surface area (Å²) in [6.07, 6.45) is 1.22. The number of benzene rings is 3. The molecule has 4 nitrogen and oxygen atoms in total. The second-order valence-electron chi connectivity index (χ2n) is 6.97. The van der Waals surface area contributed by atoms with Crippen LogP contribution in [0.5, 0.6) is 0 Å². The number of carbonyl (C=O) groups excluding carboxylic acids is 1. The first kappa shape index (κ1) is 21.8. The van der Waals surface area contributed by atoms with E-state index in [4.69, 9.17) is 4.98 Å². The quantitative estimate of drug-likeness (QED) is 0.194. The van der Waals surface area contributed by atoms with Gasteiger partial charge >= 0.3 is 0 Å². The average Bonchev–Trinajstić information content (AvgIpc) is 2.72. The van der Waals surface area contributed by atoms with Crippen molar-refractivity contribution in [2.24, 2.45) is 0 Å². The summed E-state index contributed by atoms with van der Waals surface area (Å²) in [6, 6.07) is 25.8. The molecule has 0 saturated carbocycles. The van der Waals surface area contributed by atoms with Crippen LogP contribution in [0.2, 0.25) is 0 Å². The first-order valence-electron chi connectivity index (χ1n) is 9.51. The molecule has 4 aromatic rings. The first-order chi connectivity index (χ1) is 14.1. The van der Waals surface area contributed by atoms with Gasteiger partial charge in [0.1, 0.15) is 5.76 Å². The third kappa shape index (κ3) is 4.82. The number of fused-ring (bicyclic) bond motifs is 2. The Labute approximate surface area is 189 Å². The van der Waals surface area contributed by atoms with E-state index in [1.807, 2.05) is 36.4 Å². The molecule has 2 N–H and O–H groups in total. The molecule has 0 bridgehead atoms. The number of nitrogens with one attached hydrogen (secondary N) is 1. The van der Waals surface area contributed by atoms with Gasteiger partial charge in [-0.2, -0.15) is 0 Å². The molecule has 1 radical (unpaired) electrons. The number of aliphatic hydroxyl groups is 1. The molecule has 30 heavy (non-hydrogen) atoms. The Kier molecular flexibility index (Phi) is 7.11. The standard InChI is InChI=1S/C25H21N2O2.Ir/c1-17(28)13-21(29)16-26-15-20-14-19-8-3-5-11-23(19)25(27-20)24-12-6-9-18-7-2-4-10-22(18)24;/h2-11,13-14,26,29H,15-16H2,1H3;/q-1;/b21-13-;. The summed E-state index contributed by atoms with van der Waals surface area (Å²) in [5.74, 6) is -0.164. The molecule has 0 fully saturated rings. The van der Waals surface area contributed by atoms with Crippen LogP contribution in [-0.4, -0.2) is 22.4 Å². The molecule has 153 valence electrons. The van der Waals surface area contributed by atoms with E-state index in [1.54, 1.807) is 0 Å². The van der Waals surface area contributed by atoms with Crippen molar-refractivity contribution in [3.8, 4) is 11.3 Å². The van der Waals surface area contributed by atoms with Crippen LogP contribution in [0.15, 0.2) is 78.6 Å². The largest absolute Gasteiger partial charge is 0.511 e. The van der Waals surface area contributed by atoms with Gasteiger partial charge in [0.05, 0.1) is 6.54 Å². The minimum absolute atomic E-state index is 0. The second-order valence-corrected chi connectivity index (χ2v) is 6.97. The third-order valence-corrected chi connectivity index (χ3v) is 4.73. The number of allylic oxidation sites excluding steroid dienone is 1. The Morgan fingerprint density at radius 1 is 1.07 bits per heavy atom. The first-order valence-corrected chi connectivity index (χ1v) is 9.51. The van der Waals surface area contributed by atoms with Crippen molar-refractivity contribution in [2.75, 3.05) is 6.54 Å². The van der Waals surface area contributed by atoms with Crippen LogP contribution < -0.4 is 5.32 Å². The fourth-order valence-corrected chi connectivity index (χ4v) is 3.50. The number of aliphatic hydroxyl groups excluding tert-OH is 1. The summed E-state index contributed by atoms with van der Waals surface area (Å²) < 4.78 is 0. The third-order valence-electron chi connectivity index (χ3n) is 4.73. The molecular weight excluding hydrogens is 553 g/mol. The number of hydrogen-bond donors (Lipinski definition) is 2. The Morgan fingerprint density at radius 2 is 1.77 bits per heavy atom. The number of ketones is 1. The van der Waals surface area contributed by atoms with Gasteiger partial charge in [-0.1, -0.05) is 53.9 Å². The number of aromatic nitrogens is 1. The van der Waals surface area contributed by atoms with E-state index in [2.05, 4.69) is 41.7 Å². The summed E-state index contributed by atoms with van der Waals surface area (Å²) in [5, 5.41) is 17.3. The summed E-state index contributed by atoms with van der Waals surface area (Å²) in [5.41, 5.74) is 2.72. The fraction of sp³-hybridized carbons (Fsp3) is 0.120. The molecule has 5 heteroatoms. The zero-order valence-corrected chi connectivity index (χ0v) is 18.9. The second kappa shape index (κ2) is 9.77. The maximum absolute atomic E-state index is 11.1. The van der Waals surface area contributed by atoms with Crippen molar-refractivity contribution >= 4 is 27.3 Å². The molecule has 0 amide bonds. The van der Waals surface area contributed by atoms with E-state index in [9.17, 15) is 9.90 Å². The summed E-state index contributed by atoms with van der Waals surface area (Å²) >= 11 is 0. The van der Waals surface area contributed by atoms with E-state index in [1.165, 1.54) is 13.0 Å². The van der Waals surface area contributed by atoms with E-state index >= 15 is 0 Å². The normalized spacial score (nSPS) is 11.4. The van der Waals surface area contributed by atoms with E-state index in [0.717, 1.165) is 38.5 Å². The van der Waals surface area contributed by atoms with Crippen LogP contribution in [0.25, 0.3) is 32.8 Å². The van der Waals surface area contributed by atoms with Crippen LogP contribution in [0.1, 0.15) is 12.6 Å². The number of rotatable bonds is 6. The zero-order chi connectivity index (χ0) is 20.2. The minimum atomic E-state index is -0.179. The Hall–Kier alpha value is -2.85. The van der Waals surface area contributed by atoms with Crippen molar-refractivity contribution in [1.29, 1.82) is 0 Å². The van der Waals surface area contributed by atoms with Gasteiger partial charge in [0.25, 0.3) is 0 Å². The summed E-state index contributed by atoms with van der Waals surface area (Å²) in [6.45, 7) is 2.09. The molecular formula is C25H21IrN2O2-. The number of hydrogen-bond acceptors (Lipinski definition) is 4. The van der Waals surface area contributed by atoms with Crippen molar-refractivity contribution < 1.29 is 30.0 Å². The Balaban J connectivity index is 0.00000256. The van der Waals surface area contributed by atoms with Gasteiger partial charge in [-0.05, 0) is 29.5 Å². The number of pyridine rings is 1. The van der Waals surface area contributed by atoms with Crippen molar-refractivity contribution in [1.82, 2.24) is 10.3 Å². The number of carbonyl (C=O) groups is 1. The van der Waals surface area contributed by atoms with Crippen LogP contribution in [0.4, 0.5) is 0 Å². The molecule has 3 aromatic carbocycles. The average molecular weight is 574 g/mol. The molecule has 0 spiro atoms.